The Bertz CT molecular complexity index is 175. The van der Waals surface area contributed by atoms with Crippen LogP contribution in [0.1, 0.15) is 25.0 Å². The molecule has 0 radical (unpaired) electrons. The van der Waals surface area contributed by atoms with Crippen molar-refractivity contribution in [2.75, 3.05) is 5.33 Å². The number of rotatable bonds is 5. The molecule has 0 aliphatic heterocycles. The topological polar surface area (TPSA) is 14.1 Å². The van der Waals surface area contributed by atoms with E-state index >= 15 is 0 Å². The zero-order valence-electron chi connectivity index (χ0n) is 7.59. The number of nitrogens with zero attached hydrogens (tertiary/aromatic N) is 1. The molecule has 1 rings (SSSR count). The van der Waals surface area contributed by atoms with Crippen LogP contribution in [-0.4, -0.2) is 5.33 Å². The van der Waals surface area contributed by atoms with Crippen LogP contribution in [-0.2, 0) is 6.42 Å². The molecule has 0 N–H and O–H groups in total. The van der Waals surface area contributed by atoms with Crippen molar-refractivity contribution >= 4 is 15.9 Å². The summed E-state index contributed by atoms with van der Waals surface area (Å²) in [5, 5.41) is 1.13. The fourth-order valence-electron chi connectivity index (χ4n) is 1.06. The summed E-state index contributed by atoms with van der Waals surface area (Å²) in [5.41, 5.74) is 1.24. The summed E-state index contributed by atoms with van der Waals surface area (Å²) >= 11 is 3.41. The van der Waals surface area contributed by atoms with E-state index in [1.807, 2.05) is 12.3 Å². The maximum atomic E-state index is 4.20. The third kappa shape index (κ3) is 5.94. The summed E-state index contributed by atoms with van der Waals surface area (Å²) in [4.78, 5) is 4.20. The van der Waals surface area contributed by atoms with Crippen molar-refractivity contribution in [1.82, 2.24) is 4.98 Å². The molecule has 1 aromatic rings. The first-order valence-corrected chi connectivity index (χ1v) is 5.18. The fraction of sp³-hybridized carbons (Fsp3) is 0.556. The molecule has 0 amide bonds. The minimum absolute atomic E-state index is 0. The molecular weight excluding hydrogens is 241 g/mol. The average Bonchev–Trinajstić information content (AvgIpc) is 2.50. The Labute approximate surface area is 125 Å². The van der Waals surface area contributed by atoms with E-state index < -0.39 is 0 Å². The molecule has 1 aromatic heterocycles. The number of halogens is 1. The van der Waals surface area contributed by atoms with E-state index in [0.717, 1.165) is 11.8 Å². The van der Waals surface area contributed by atoms with Gasteiger partial charge in [-0.05, 0) is 12.8 Å². The molecule has 0 saturated carbocycles. The van der Waals surface area contributed by atoms with E-state index in [0.29, 0.717) is 0 Å². The Morgan fingerprint density at radius 2 is 2.08 bits per heavy atom. The summed E-state index contributed by atoms with van der Waals surface area (Å²) in [5.74, 6) is 0. The molecule has 0 spiro atoms. The Morgan fingerprint density at radius 1 is 1.25 bits per heavy atom. The quantitative estimate of drug-likeness (QED) is 0.402. The van der Waals surface area contributed by atoms with E-state index in [-0.39, 0.29) is 51.4 Å². The van der Waals surface area contributed by atoms with Crippen LogP contribution in [0.25, 0.3) is 0 Å². The van der Waals surface area contributed by atoms with Gasteiger partial charge in [0.15, 0.2) is 0 Å². The molecule has 0 saturated heterocycles. The number of alkyl halides is 1. The fourth-order valence-corrected chi connectivity index (χ4v) is 1.46. The molecule has 0 atom stereocenters. The molecule has 62 valence electrons. The summed E-state index contributed by atoms with van der Waals surface area (Å²) in [6.45, 7) is 0. The largest absolute Gasteiger partial charge is 1.00 e. The van der Waals surface area contributed by atoms with Crippen LogP contribution in [0.15, 0.2) is 18.3 Å². The van der Waals surface area contributed by atoms with Crippen molar-refractivity contribution in [1.29, 1.82) is 0 Å². The summed E-state index contributed by atoms with van der Waals surface area (Å²) in [7, 11) is 0. The molecule has 12 heavy (non-hydrogen) atoms. The molecule has 0 aliphatic rings. The standard InChI is InChI=1S/C9H13BrN.K/c10-7-3-1-2-5-9-6-4-8-11-9;/h4,6,8H,1-3,5,7H2;/q-1;+1. The van der Waals surface area contributed by atoms with Gasteiger partial charge in [0.05, 0.1) is 0 Å². The smallest absolute Gasteiger partial charge is 0.668 e. The molecule has 0 fully saturated rings. The van der Waals surface area contributed by atoms with Gasteiger partial charge in [0.1, 0.15) is 0 Å². The van der Waals surface area contributed by atoms with Crippen molar-refractivity contribution in [3.63, 3.8) is 0 Å². The van der Waals surface area contributed by atoms with Crippen molar-refractivity contribution in [3.8, 4) is 0 Å². The van der Waals surface area contributed by atoms with Gasteiger partial charge in [-0.1, -0.05) is 40.9 Å². The maximum Gasteiger partial charge on any atom is 1.00 e. The van der Waals surface area contributed by atoms with Crippen LogP contribution < -0.4 is 56.4 Å². The second-order valence-electron chi connectivity index (χ2n) is 2.63. The molecule has 0 bridgehead atoms. The van der Waals surface area contributed by atoms with Gasteiger partial charge in [-0.25, -0.2) is 0 Å². The Hall–Kier alpha value is 1.40. The molecule has 0 aliphatic carbocycles. The van der Waals surface area contributed by atoms with E-state index in [9.17, 15) is 0 Å². The summed E-state index contributed by atoms with van der Waals surface area (Å²) in [6.07, 6.45) is 6.85. The van der Waals surface area contributed by atoms with E-state index in [2.05, 4.69) is 27.0 Å². The molecule has 3 heteroatoms. The second kappa shape index (κ2) is 8.97. The third-order valence-electron chi connectivity index (χ3n) is 1.68. The van der Waals surface area contributed by atoms with Gasteiger partial charge < -0.3 is 4.98 Å². The van der Waals surface area contributed by atoms with Crippen molar-refractivity contribution in [2.45, 2.75) is 25.7 Å². The SMILES string of the molecule is BrCCCCCc1ccc[n-]1.[K+]. The third-order valence-corrected chi connectivity index (χ3v) is 2.24. The van der Waals surface area contributed by atoms with Crippen molar-refractivity contribution in [2.24, 2.45) is 0 Å². The van der Waals surface area contributed by atoms with Gasteiger partial charge in [-0.3, -0.25) is 0 Å². The first-order valence-electron chi connectivity index (χ1n) is 4.06. The van der Waals surface area contributed by atoms with Crippen LogP contribution >= 0.6 is 15.9 Å². The Morgan fingerprint density at radius 3 is 2.67 bits per heavy atom. The van der Waals surface area contributed by atoms with Crippen LogP contribution in [0.4, 0.5) is 0 Å². The summed E-state index contributed by atoms with van der Waals surface area (Å²) < 4.78 is 0. The van der Waals surface area contributed by atoms with Crippen molar-refractivity contribution < 1.29 is 51.4 Å². The van der Waals surface area contributed by atoms with E-state index in [1.165, 1.54) is 25.0 Å². The second-order valence-corrected chi connectivity index (χ2v) is 3.42. The normalized spacial score (nSPS) is 9.42. The molecule has 1 heterocycles. The van der Waals surface area contributed by atoms with E-state index in [1.54, 1.807) is 0 Å². The number of hydrogen-bond donors (Lipinski definition) is 0. The Kier molecular flexibility index (Phi) is 10.0. The van der Waals surface area contributed by atoms with Crippen molar-refractivity contribution in [3.05, 3.63) is 24.0 Å². The van der Waals surface area contributed by atoms with Gasteiger partial charge in [-0.2, -0.15) is 11.9 Å². The molecule has 0 aromatic carbocycles. The van der Waals surface area contributed by atoms with Crippen LogP contribution in [0.3, 0.4) is 0 Å². The zero-order chi connectivity index (χ0) is 7.94. The number of unbranched alkanes of at least 4 members (excludes halogenated alkanes) is 2. The zero-order valence-corrected chi connectivity index (χ0v) is 12.3. The first kappa shape index (κ1) is 13.4. The Balaban J connectivity index is 0.00000121. The minimum atomic E-state index is 0. The average molecular weight is 254 g/mol. The number of hydrogen-bond acceptors (Lipinski definition) is 0. The monoisotopic (exact) mass is 253 g/mol. The van der Waals surface area contributed by atoms with E-state index in [4.69, 9.17) is 0 Å². The summed E-state index contributed by atoms with van der Waals surface area (Å²) in [6, 6.07) is 4.09. The van der Waals surface area contributed by atoms with Crippen LogP contribution in [0, 0.1) is 0 Å². The number of aryl methyl sites for hydroxylation is 1. The molecular formula is C9H13BrKN. The van der Waals surface area contributed by atoms with Gasteiger partial charge in [0, 0.05) is 5.33 Å². The van der Waals surface area contributed by atoms with Gasteiger partial charge in [-0.15, -0.1) is 0 Å². The first-order chi connectivity index (χ1) is 5.43. The maximum absolute atomic E-state index is 4.20. The predicted molar refractivity (Wildman–Crippen MR) is 51.1 cm³/mol. The van der Waals surface area contributed by atoms with Crippen LogP contribution in [0.2, 0.25) is 0 Å². The number of aromatic nitrogens is 1. The van der Waals surface area contributed by atoms with Gasteiger partial charge in [0.25, 0.3) is 0 Å². The van der Waals surface area contributed by atoms with Gasteiger partial charge >= 0.3 is 51.4 Å². The minimum Gasteiger partial charge on any atom is -0.668 e. The van der Waals surface area contributed by atoms with Gasteiger partial charge in [0.2, 0.25) is 0 Å². The predicted octanol–water partition coefficient (Wildman–Crippen LogP) is -0.245. The molecule has 1 nitrogen and oxygen atoms in total. The van der Waals surface area contributed by atoms with Crippen LogP contribution in [0.5, 0.6) is 0 Å². The molecule has 0 unspecified atom stereocenters.